The van der Waals surface area contributed by atoms with Gasteiger partial charge in [0.15, 0.2) is 0 Å². The summed E-state index contributed by atoms with van der Waals surface area (Å²) >= 11 is 0. The van der Waals surface area contributed by atoms with Gasteiger partial charge in [0.05, 0.1) is 30.6 Å². The van der Waals surface area contributed by atoms with Crippen molar-refractivity contribution in [3.05, 3.63) is 89.5 Å². The van der Waals surface area contributed by atoms with E-state index < -0.39 is 35.6 Å². The van der Waals surface area contributed by atoms with Crippen molar-refractivity contribution in [1.29, 1.82) is 0 Å². The van der Waals surface area contributed by atoms with Gasteiger partial charge in [-0.15, -0.1) is 0 Å². The smallest absolute Gasteiger partial charge is 0.253 e. The lowest BCUT2D eigenvalue weighted by molar-refractivity contribution is -0.146. The molecule has 40 heavy (non-hydrogen) atoms. The monoisotopic (exact) mass is 541 g/mol. The molecule has 2 aromatic carbocycles. The van der Waals surface area contributed by atoms with Gasteiger partial charge in [0.2, 0.25) is 11.8 Å². The summed E-state index contributed by atoms with van der Waals surface area (Å²) in [7, 11) is 1.72. The zero-order chi connectivity index (χ0) is 28.2. The van der Waals surface area contributed by atoms with Crippen LogP contribution in [0.1, 0.15) is 16.7 Å². The van der Waals surface area contributed by atoms with Crippen LogP contribution in [-0.2, 0) is 25.5 Å². The van der Waals surface area contributed by atoms with Crippen molar-refractivity contribution in [1.82, 2.24) is 9.80 Å². The summed E-state index contributed by atoms with van der Waals surface area (Å²) in [6, 6.07) is 13.9. The number of likely N-dealkylation sites (tertiary alicyclic amines) is 1. The van der Waals surface area contributed by atoms with Crippen LogP contribution < -0.4 is 4.90 Å². The highest BCUT2D eigenvalue weighted by Gasteiger charge is 2.72. The Balaban J connectivity index is 1.50. The van der Waals surface area contributed by atoms with Gasteiger partial charge in [-0.05, 0) is 43.0 Å². The van der Waals surface area contributed by atoms with Gasteiger partial charge >= 0.3 is 0 Å². The number of carbonyl (C=O) groups excluding carboxylic acids is 3. The lowest BCUT2D eigenvalue weighted by Gasteiger charge is -2.39. The average molecular weight is 542 g/mol. The van der Waals surface area contributed by atoms with Crippen molar-refractivity contribution in [3.8, 4) is 0 Å². The number of benzene rings is 2. The Hall–Kier alpha value is -3.75. The first-order valence-corrected chi connectivity index (χ1v) is 13.9. The number of aliphatic hydroxyl groups is 1. The van der Waals surface area contributed by atoms with Crippen molar-refractivity contribution in [2.75, 3.05) is 31.6 Å². The molecule has 2 aromatic rings. The maximum atomic E-state index is 14.7. The highest BCUT2D eigenvalue weighted by atomic mass is 16.5. The molecule has 4 aliphatic rings. The molecule has 0 radical (unpaired) electrons. The number of likely N-dealkylation sites (N-methyl/N-ethyl adjacent to an activating group) is 1. The molecule has 1 spiro atoms. The number of aryl methyl sites for hydroxylation is 2. The van der Waals surface area contributed by atoms with Crippen molar-refractivity contribution in [2.24, 2.45) is 11.8 Å². The molecule has 4 heterocycles. The molecular formula is C32H35N3O5. The van der Waals surface area contributed by atoms with Crippen LogP contribution >= 0.6 is 0 Å². The molecule has 6 rings (SSSR count). The first-order chi connectivity index (χ1) is 19.3. The number of hydrogen-bond donors (Lipinski definition) is 1. The van der Waals surface area contributed by atoms with Gasteiger partial charge in [-0.25, -0.2) is 0 Å². The normalized spacial score (nSPS) is 30.2. The first kappa shape index (κ1) is 26.5. The number of hydrogen-bond acceptors (Lipinski definition) is 5. The molecule has 2 saturated heterocycles. The summed E-state index contributed by atoms with van der Waals surface area (Å²) in [4.78, 5) is 47.7. The molecule has 0 aromatic heterocycles. The molecule has 8 nitrogen and oxygen atoms in total. The number of aliphatic hydroxyl groups excluding tert-OH is 1. The van der Waals surface area contributed by atoms with E-state index in [1.807, 2.05) is 86.7 Å². The van der Waals surface area contributed by atoms with Crippen molar-refractivity contribution in [2.45, 2.75) is 44.1 Å². The number of carbonyl (C=O) groups is 3. The zero-order valence-electron chi connectivity index (χ0n) is 23.1. The van der Waals surface area contributed by atoms with Gasteiger partial charge in [0.25, 0.3) is 5.91 Å². The van der Waals surface area contributed by atoms with Gasteiger partial charge in [-0.2, -0.15) is 0 Å². The zero-order valence-corrected chi connectivity index (χ0v) is 23.1. The molecule has 0 aliphatic carbocycles. The second-order valence-electron chi connectivity index (χ2n) is 11.4. The Labute approximate surface area is 234 Å². The molecule has 6 atom stereocenters. The molecule has 4 aliphatic heterocycles. The van der Waals surface area contributed by atoms with Crippen LogP contribution in [0.2, 0.25) is 0 Å². The second kappa shape index (κ2) is 10.0. The van der Waals surface area contributed by atoms with E-state index in [-0.39, 0.29) is 24.3 Å². The number of rotatable bonds is 5. The number of nitrogens with zero attached hydrogens (tertiary/aromatic N) is 3. The van der Waals surface area contributed by atoms with Crippen LogP contribution in [0, 0.1) is 25.7 Å². The standard InChI is InChI=1S/C32H35N3O5/c1-20-12-13-21(2)24(17-20)34-16-8-14-32-27(26-25(40-32)11-7-15-33(3)29(26)37)30(38)35(28(32)31(34)39)23(19-36)18-22-9-5-4-6-10-22/h4-14,17,23,25-28,36H,15-16,18-19H2,1-3H3/t23-,25-,26+,27+,28?,32+/m1/s1. The van der Waals surface area contributed by atoms with Crippen molar-refractivity contribution < 1.29 is 24.2 Å². The lowest BCUT2D eigenvalue weighted by atomic mass is 9.77. The lowest BCUT2D eigenvalue weighted by Crippen LogP contribution is -2.58. The Morgan fingerprint density at radius 3 is 2.52 bits per heavy atom. The molecule has 3 amide bonds. The summed E-state index contributed by atoms with van der Waals surface area (Å²) in [5.41, 5.74) is 2.34. The summed E-state index contributed by atoms with van der Waals surface area (Å²) in [6.07, 6.45) is 7.21. The van der Waals surface area contributed by atoms with Crippen LogP contribution in [0.5, 0.6) is 0 Å². The van der Waals surface area contributed by atoms with E-state index in [9.17, 15) is 19.5 Å². The van der Waals surface area contributed by atoms with Crippen molar-refractivity contribution >= 4 is 23.4 Å². The quantitative estimate of drug-likeness (QED) is 0.588. The fourth-order valence-electron chi connectivity index (χ4n) is 6.96. The highest BCUT2D eigenvalue weighted by Crippen LogP contribution is 2.54. The van der Waals surface area contributed by atoms with E-state index in [0.717, 1.165) is 22.4 Å². The molecule has 8 heteroatoms. The second-order valence-corrected chi connectivity index (χ2v) is 11.4. The first-order valence-electron chi connectivity index (χ1n) is 13.9. The highest BCUT2D eigenvalue weighted by molar-refractivity contribution is 6.06. The number of ether oxygens (including phenoxy) is 1. The van der Waals surface area contributed by atoms with E-state index >= 15 is 0 Å². The van der Waals surface area contributed by atoms with Crippen LogP contribution in [-0.4, -0.2) is 83.2 Å². The van der Waals surface area contributed by atoms with E-state index in [1.54, 1.807) is 16.8 Å². The van der Waals surface area contributed by atoms with Gasteiger partial charge in [-0.1, -0.05) is 66.8 Å². The number of anilines is 1. The van der Waals surface area contributed by atoms with Gasteiger partial charge in [0.1, 0.15) is 11.6 Å². The summed E-state index contributed by atoms with van der Waals surface area (Å²) in [5, 5.41) is 10.6. The topological polar surface area (TPSA) is 90.4 Å². The fourth-order valence-corrected chi connectivity index (χ4v) is 6.96. The molecule has 1 unspecified atom stereocenters. The molecule has 2 fully saturated rings. The Bertz CT molecular complexity index is 1400. The molecule has 0 saturated carbocycles. The van der Waals surface area contributed by atoms with E-state index in [1.165, 1.54) is 4.90 Å². The minimum Gasteiger partial charge on any atom is -0.394 e. The van der Waals surface area contributed by atoms with E-state index in [2.05, 4.69) is 0 Å². The Kier molecular flexibility index (Phi) is 6.63. The summed E-state index contributed by atoms with van der Waals surface area (Å²) in [5.74, 6) is -2.42. The fraction of sp³-hybridized carbons (Fsp3) is 0.406. The number of amides is 3. The summed E-state index contributed by atoms with van der Waals surface area (Å²) in [6.45, 7) is 4.35. The molecule has 0 bridgehead atoms. The maximum Gasteiger partial charge on any atom is 0.253 e. The van der Waals surface area contributed by atoms with Crippen LogP contribution in [0.25, 0.3) is 0 Å². The third-order valence-corrected chi connectivity index (χ3v) is 8.87. The van der Waals surface area contributed by atoms with Crippen LogP contribution in [0.3, 0.4) is 0 Å². The van der Waals surface area contributed by atoms with Gasteiger partial charge in [-0.3, -0.25) is 14.4 Å². The predicted octanol–water partition coefficient (Wildman–Crippen LogP) is 2.42. The van der Waals surface area contributed by atoms with E-state index in [0.29, 0.717) is 19.5 Å². The SMILES string of the molecule is Cc1ccc(C)c(N2CC=C[C@]34O[C@@H]5C=CCN(C)C(=O)[C@@H]5[C@H]3C(=O)N([C@@H](CO)Cc3ccccc3)C4C2=O)c1. The molecular weight excluding hydrogens is 506 g/mol. The van der Waals surface area contributed by atoms with Crippen LogP contribution in [0.4, 0.5) is 5.69 Å². The molecule has 1 N–H and O–H groups in total. The minimum absolute atomic E-state index is 0.175. The summed E-state index contributed by atoms with van der Waals surface area (Å²) < 4.78 is 6.70. The minimum atomic E-state index is -1.34. The third kappa shape index (κ3) is 4.00. The largest absolute Gasteiger partial charge is 0.394 e. The predicted molar refractivity (Wildman–Crippen MR) is 150 cm³/mol. The maximum absolute atomic E-state index is 14.7. The third-order valence-electron chi connectivity index (χ3n) is 8.87. The van der Waals surface area contributed by atoms with E-state index in [4.69, 9.17) is 4.74 Å². The number of fused-ring (bicyclic) bond motifs is 2. The van der Waals surface area contributed by atoms with Gasteiger partial charge in [0, 0.05) is 25.8 Å². The van der Waals surface area contributed by atoms with Crippen molar-refractivity contribution in [3.63, 3.8) is 0 Å². The molecule has 208 valence electrons. The average Bonchev–Trinajstić information content (AvgIpc) is 3.28. The Morgan fingerprint density at radius 1 is 1.00 bits per heavy atom. The van der Waals surface area contributed by atoms with Crippen LogP contribution in [0.15, 0.2) is 72.8 Å². The Morgan fingerprint density at radius 2 is 1.77 bits per heavy atom. The van der Waals surface area contributed by atoms with Gasteiger partial charge < -0.3 is 24.5 Å².